The molecule has 0 bridgehead atoms. The zero-order valence-electron chi connectivity index (χ0n) is 14.6. The van der Waals surface area contributed by atoms with Crippen molar-refractivity contribution in [2.45, 2.75) is 45.6 Å². The fraction of sp³-hybridized carbons (Fsp3) is 0.579. The Morgan fingerprint density at radius 3 is 2.46 bits per heavy atom. The first kappa shape index (κ1) is 18.5. The molecule has 1 unspecified atom stereocenters. The summed E-state index contributed by atoms with van der Waals surface area (Å²) in [6.07, 6.45) is 2.40. The molecule has 1 heterocycles. The van der Waals surface area contributed by atoms with Crippen LogP contribution < -0.4 is 5.32 Å². The number of likely N-dealkylation sites (tertiary alicyclic amines) is 1. The molecule has 2 rings (SSSR count). The zero-order chi connectivity index (χ0) is 17.5. The van der Waals surface area contributed by atoms with Crippen molar-refractivity contribution in [2.24, 2.45) is 5.92 Å². The van der Waals surface area contributed by atoms with E-state index in [0.717, 1.165) is 18.4 Å². The lowest BCUT2D eigenvalue weighted by atomic mass is 9.92. The third-order valence-electron chi connectivity index (χ3n) is 4.77. The molecule has 1 fully saturated rings. The Hall–Kier alpha value is -1.88. The van der Waals surface area contributed by atoms with Gasteiger partial charge in [0.1, 0.15) is 0 Å². The fourth-order valence-corrected chi connectivity index (χ4v) is 3.02. The van der Waals surface area contributed by atoms with E-state index >= 15 is 0 Å². The molecule has 1 aromatic carbocycles. The zero-order valence-corrected chi connectivity index (χ0v) is 14.6. The minimum absolute atomic E-state index is 0.0391. The van der Waals surface area contributed by atoms with Crippen molar-refractivity contribution in [3.05, 3.63) is 35.4 Å². The maximum Gasteiger partial charge on any atom is 0.241 e. The lowest BCUT2D eigenvalue weighted by Crippen LogP contribution is -2.45. The van der Waals surface area contributed by atoms with Gasteiger partial charge >= 0.3 is 0 Å². The predicted molar refractivity (Wildman–Crippen MR) is 93.5 cm³/mol. The van der Waals surface area contributed by atoms with Crippen LogP contribution >= 0.6 is 0 Å². The molecule has 24 heavy (non-hydrogen) atoms. The van der Waals surface area contributed by atoms with Crippen LogP contribution in [0.25, 0.3) is 0 Å². The van der Waals surface area contributed by atoms with Crippen molar-refractivity contribution in [1.29, 1.82) is 0 Å². The number of rotatable bonds is 6. The van der Waals surface area contributed by atoms with Crippen LogP contribution in [0.1, 0.15) is 37.3 Å². The standard InChI is InChI=1S/C19H28N2O3/c1-14-3-5-16(6-4-14)7-8-18(23)20-13-19(24)21-11-9-17(10-12-21)15(2)22/h3-6,15,17,22H,7-13H2,1-2H3,(H,20,23). The Balaban J connectivity index is 1.66. The van der Waals surface area contributed by atoms with E-state index in [9.17, 15) is 14.7 Å². The van der Waals surface area contributed by atoms with Crippen molar-refractivity contribution in [1.82, 2.24) is 10.2 Å². The Morgan fingerprint density at radius 2 is 1.88 bits per heavy atom. The van der Waals surface area contributed by atoms with Gasteiger partial charge in [0, 0.05) is 19.5 Å². The summed E-state index contributed by atoms with van der Waals surface area (Å²) in [4.78, 5) is 25.8. The van der Waals surface area contributed by atoms with E-state index in [1.165, 1.54) is 5.56 Å². The quantitative estimate of drug-likeness (QED) is 0.832. The van der Waals surface area contributed by atoms with E-state index in [1.54, 1.807) is 11.8 Å². The Labute approximate surface area is 144 Å². The monoisotopic (exact) mass is 332 g/mol. The number of aliphatic hydroxyl groups excluding tert-OH is 1. The number of aliphatic hydroxyl groups is 1. The Bertz CT molecular complexity index is 546. The van der Waals surface area contributed by atoms with Gasteiger partial charge in [0.2, 0.25) is 11.8 Å². The molecule has 0 saturated carbocycles. The first-order chi connectivity index (χ1) is 11.5. The number of carbonyl (C=O) groups is 2. The highest BCUT2D eigenvalue weighted by Crippen LogP contribution is 2.20. The summed E-state index contributed by atoms with van der Waals surface area (Å²) in [7, 11) is 0. The normalized spacial score (nSPS) is 16.7. The third-order valence-corrected chi connectivity index (χ3v) is 4.77. The third kappa shape index (κ3) is 5.64. The number of amides is 2. The summed E-state index contributed by atoms with van der Waals surface area (Å²) >= 11 is 0. The summed E-state index contributed by atoms with van der Waals surface area (Å²) < 4.78 is 0. The molecule has 0 spiro atoms. The van der Waals surface area contributed by atoms with Gasteiger partial charge in [0.05, 0.1) is 12.6 Å². The molecular weight excluding hydrogens is 304 g/mol. The van der Waals surface area contributed by atoms with Gasteiger partial charge in [-0.15, -0.1) is 0 Å². The summed E-state index contributed by atoms with van der Waals surface area (Å²) in [5, 5.41) is 12.3. The molecule has 132 valence electrons. The van der Waals surface area contributed by atoms with E-state index in [2.05, 4.69) is 5.32 Å². The second-order valence-electron chi connectivity index (χ2n) is 6.72. The van der Waals surface area contributed by atoms with Gasteiger partial charge in [-0.3, -0.25) is 9.59 Å². The van der Waals surface area contributed by atoms with E-state index in [1.807, 2.05) is 31.2 Å². The Kier molecular flexibility index (Phi) is 6.79. The molecule has 5 nitrogen and oxygen atoms in total. The molecule has 0 aromatic heterocycles. The van der Waals surface area contributed by atoms with Gasteiger partial charge in [-0.05, 0) is 44.6 Å². The number of nitrogens with zero attached hydrogens (tertiary/aromatic N) is 1. The fourth-order valence-electron chi connectivity index (χ4n) is 3.02. The second-order valence-corrected chi connectivity index (χ2v) is 6.72. The van der Waals surface area contributed by atoms with Crippen LogP contribution in [0.3, 0.4) is 0 Å². The summed E-state index contributed by atoms with van der Waals surface area (Å²) in [6, 6.07) is 8.13. The number of benzene rings is 1. The maximum atomic E-state index is 12.1. The number of hydrogen-bond donors (Lipinski definition) is 2. The van der Waals surface area contributed by atoms with Gasteiger partial charge in [-0.25, -0.2) is 0 Å². The molecule has 2 amide bonds. The number of piperidine rings is 1. The number of carbonyl (C=O) groups excluding carboxylic acids is 2. The molecule has 5 heteroatoms. The lowest BCUT2D eigenvalue weighted by Gasteiger charge is -2.33. The largest absolute Gasteiger partial charge is 0.393 e. The van der Waals surface area contributed by atoms with Crippen molar-refractivity contribution >= 4 is 11.8 Å². The smallest absolute Gasteiger partial charge is 0.241 e. The highest BCUT2D eigenvalue weighted by atomic mass is 16.3. The van der Waals surface area contributed by atoms with Crippen LogP contribution in [0.4, 0.5) is 0 Å². The van der Waals surface area contributed by atoms with Gasteiger partial charge < -0.3 is 15.3 Å². The minimum atomic E-state index is -0.316. The summed E-state index contributed by atoms with van der Waals surface area (Å²) in [6.45, 7) is 5.22. The molecule has 0 aliphatic carbocycles. The lowest BCUT2D eigenvalue weighted by molar-refractivity contribution is -0.134. The number of aryl methyl sites for hydroxylation is 2. The van der Waals surface area contributed by atoms with E-state index in [4.69, 9.17) is 0 Å². The van der Waals surface area contributed by atoms with Gasteiger partial charge in [0.25, 0.3) is 0 Å². The summed E-state index contributed by atoms with van der Waals surface area (Å²) in [5.41, 5.74) is 2.33. The molecule has 0 radical (unpaired) electrons. The van der Waals surface area contributed by atoms with Crippen LogP contribution in [0.2, 0.25) is 0 Å². The van der Waals surface area contributed by atoms with Crippen LogP contribution in [0.5, 0.6) is 0 Å². The minimum Gasteiger partial charge on any atom is -0.393 e. The van der Waals surface area contributed by atoms with Crippen molar-refractivity contribution < 1.29 is 14.7 Å². The van der Waals surface area contributed by atoms with Crippen molar-refractivity contribution in [3.8, 4) is 0 Å². The van der Waals surface area contributed by atoms with Gasteiger partial charge in [-0.1, -0.05) is 29.8 Å². The molecule has 1 aliphatic heterocycles. The van der Waals surface area contributed by atoms with Crippen molar-refractivity contribution in [3.63, 3.8) is 0 Å². The van der Waals surface area contributed by atoms with Crippen LogP contribution in [-0.4, -0.2) is 47.6 Å². The molecular formula is C19H28N2O3. The van der Waals surface area contributed by atoms with E-state index < -0.39 is 0 Å². The topological polar surface area (TPSA) is 69.6 Å². The molecule has 1 atom stereocenters. The van der Waals surface area contributed by atoms with Crippen LogP contribution in [0.15, 0.2) is 24.3 Å². The second kappa shape index (κ2) is 8.83. The van der Waals surface area contributed by atoms with Gasteiger partial charge in [0.15, 0.2) is 0 Å². The highest BCUT2D eigenvalue weighted by molar-refractivity contribution is 5.84. The van der Waals surface area contributed by atoms with Gasteiger partial charge in [-0.2, -0.15) is 0 Å². The average molecular weight is 332 g/mol. The molecule has 1 aromatic rings. The van der Waals surface area contributed by atoms with Crippen molar-refractivity contribution in [2.75, 3.05) is 19.6 Å². The molecule has 1 aliphatic rings. The predicted octanol–water partition coefficient (Wildman–Crippen LogP) is 1.66. The number of nitrogens with one attached hydrogen (secondary N) is 1. The molecule has 1 saturated heterocycles. The number of hydrogen-bond acceptors (Lipinski definition) is 3. The Morgan fingerprint density at radius 1 is 1.25 bits per heavy atom. The van der Waals surface area contributed by atoms with Crippen LogP contribution in [0, 0.1) is 12.8 Å². The van der Waals surface area contributed by atoms with E-state index in [0.29, 0.717) is 25.9 Å². The van der Waals surface area contributed by atoms with E-state index in [-0.39, 0.29) is 30.4 Å². The highest BCUT2D eigenvalue weighted by Gasteiger charge is 2.25. The summed E-state index contributed by atoms with van der Waals surface area (Å²) in [5.74, 6) is 0.142. The maximum absolute atomic E-state index is 12.1. The van der Waals surface area contributed by atoms with Crippen LogP contribution in [-0.2, 0) is 16.0 Å². The first-order valence-corrected chi connectivity index (χ1v) is 8.74. The first-order valence-electron chi connectivity index (χ1n) is 8.74. The average Bonchev–Trinajstić information content (AvgIpc) is 2.59. The molecule has 2 N–H and O–H groups in total. The SMILES string of the molecule is Cc1ccc(CCC(=O)NCC(=O)N2CCC(C(C)O)CC2)cc1.